The Morgan fingerprint density at radius 1 is 1.48 bits per heavy atom. The van der Waals surface area contributed by atoms with Gasteiger partial charge in [0.05, 0.1) is 32.9 Å². The fraction of sp³-hybridized carbons (Fsp3) is 0.529. The molecule has 126 valence electrons. The monoisotopic (exact) mass is 336 g/mol. The van der Waals surface area contributed by atoms with E-state index >= 15 is 0 Å². The Bertz CT molecular complexity index is 577. The average Bonchev–Trinajstić information content (AvgIpc) is 2.87. The molecule has 1 aliphatic heterocycles. The second-order valence-electron chi connectivity index (χ2n) is 6.30. The number of aryl methyl sites for hydroxylation is 1. The number of rotatable bonds is 6. The molecule has 1 aromatic rings. The van der Waals surface area contributed by atoms with E-state index in [2.05, 4.69) is 11.4 Å². The Balaban J connectivity index is 2.08. The molecule has 0 aliphatic carbocycles. The van der Waals surface area contributed by atoms with Crippen molar-refractivity contribution in [1.29, 1.82) is 0 Å². The number of hydrogen-bond donors (Lipinski definition) is 2. The molecule has 1 fully saturated rings. The summed E-state index contributed by atoms with van der Waals surface area (Å²) in [4.78, 5) is 27.7. The molecule has 2 atom stereocenters. The zero-order valence-corrected chi connectivity index (χ0v) is 15.1. The summed E-state index contributed by atoms with van der Waals surface area (Å²) >= 11 is 1.59. The van der Waals surface area contributed by atoms with E-state index in [4.69, 9.17) is 0 Å². The Morgan fingerprint density at radius 3 is 2.87 bits per heavy atom. The third-order valence-electron chi connectivity index (χ3n) is 3.95. The van der Waals surface area contributed by atoms with Gasteiger partial charge in [0, 0.05) is 0 Å². The van der Waals surface area contributed by atoms with E-state index in [-0.39, 0.29) is 17.2 Å². The number of nitrogens with one attached hydrogen (secondary N) is 2. The maximum Gasteiger partial charge on any atom is 0.242 e. The van der Waals surface area contributed by atoms with Crippen LogP contribution in [0.15, 0.2) is 24.3 Å². The van der Waals surface area contributed by atoms with Gasteiger partial charge < -0.3 is 15.1 Å². The lowest BCUT2D eigenvalue weighted by Gasteiger charge is -2.29. The van der Waals surface area contributed by atoms with Gasteiger partial charge in [0.2, 0.25) is 11.8 Å². The van der Waals surface area contributed by atoms with Gasteiger partial charge in [-0.15, -0.1) is 11.8 Å². The van der Waals surface area contributed by atoms with Crippen molar-refractivity contribution in [3.63, 3.8) is 0 Å². The number of amides is 2. The Morgan fingerprint density at radius 2 is 2.22 bits per heavy atom. The van der Waals surface area contributed by atoms with E-state index in [1.165, 1.54) is 4.90 Å². The summed E-state index contributed by atoms with van der Waals surface area (Å²) in [5.41, 5.74) is 2.24. The molecule has 0 unspecified atom stereocenters. The van der Waals surface area contributed by atoms with E-state index < -0.39 is 6.04 Å². The lowest BCUT2D eigenvalue weighted by atomic mass is 10.1. The van der Waals surface area contributed by atoms with E-state index in [0.29, 0.717) is 12.3 Å². The lowest BCUT2D eigenvalue weighted by molar-refractivity contribution is -0.856. The minimum absolute atomic E-state index is 0.0300. The second kappa shape index (κ2) is 7.84. The summed E-state index contributed by atoms with van der Waals surface area (Å²) < 4.78 is 0. The molecule has 0 radical (unpaired) electrons. The summed E-state index contributed by atoms with van der Waals surface area (Å²) in [5, 5.41) is 2.85. The van der Waals surface area contributed by atoms with E-state index in [9.17, 15) is 9.59 Å². The van der Waals surface area contributed by atoms with Gasteiger partial charge >= 0.3 is 0 Å². The van der Waals surface area contributed by atoms with Crippen molar-refractivity contribution in [3.8, 4) is 0 Å². The second-order valence-corrected chi connectivity index (χ2v) is 7.37. The lowest BCUT2D eigenvalue weighted by Crippen LogP contribution is -3.06. The van der Waals surface area contributed by atoms with Crippen LogP contribution in [-0.2, 0) is 9.59 Å². The SMILES string of the molecule is Cc1cccc([C@@H]2SCC(=O)N2[C@@H](C)C(=O)NCC[NH+](C)C)c1. The van der Waals surface area contributed by atoms with E-state index in [1.807, 2.05) is 46.1 Å². The Kier molecular flexibility index (Phi) is 6.07. The minimum Gasteiger partial charge on any atom is -0.349 e. The van der Waals surface area contributed by atoms with Gasteiger partial charge in [-0.2, -0.15) is 0 Å². The maximum atomic E-state index is 12.4. The number of likely N-dealkylation sites (N-methyl/N-ethyl adjacent to an activating group) is 1. The van der Waals surface area contributed by atoms with Gasteiger partial charge in [0.15, 0.2) is 0 Å². The molecule has 2 amide bonds. The number of nitrogens with zero attached hydrogens (tertiary/aromatic N) is 1. The summed E-state index contributed by atoms with van der Waals surface area (Å²) in [6.45, 7) is 5.33. The minimum atomic E-state index is -0.458. The predicted molar refractivity (Wildman–Crippen MR) is 93.4 cm³/mol. The topological polar surface area (TPSA) is 53.9 Å². The summed E-state index contributed by atoms with van der Waals surface area (Å²) in [5.74, 6) is 0.375. The third-order valence-corrected chi connectivity index (χ3v) is 5.18. The third kappa shape index (κ3) is 4.48. The molecule has 5 nitrogen and oxygen atoms in total. The van der Waals surface area contributed by atoms with Crippen molar-refractivity contribution in [1.82, 2.24) is 10.2 Å². The van der Waals surface area contributed by atoms with Gasteiger partial charge in [-0.05, 0) is 19.4 Å². The van der Waals surface area contributed by atoms with Gasteiger partial charge in [-0.3, -0.25) is 9.59 Å². The molecule has 2 rings (SSSR count). The Labute approximate surface area is 142 Å². The fourth-order valence-electron chi connectivity index (χ4n) is 2.65. The number of quaternary nitrogens is 1. The quantitative estimate of drug-likeness (QED) is 0.781. The van der Waals surface area contributed by atoms with Crippen molar-refractivity contribution in [3.05, 3.63) is 35.4 Å². The molecule has 0 saturated carbocycles. The van der Waals surface area contributed by atoms with Crippen LogP contribution in [0.5, 0.6) is 0 Å². The fourth-order valence-corrected chi connectivity index (χ4v) is 3.89. The first-order chi connectivity index (χ1) is 10.9. The number of hydrogen-bond acceptors (Lipinski definition) is 3. The first kappa shape index (κ1) is 17.8. The van der Waals surface area contributed by atoms with Gasteiger partial charge in [-0.25, -0.2) is 0 Å². The van der Waals surface area contributed by atoms with Crippen LogP contribution in [0, 0.1) is 6.92 Å². The zero-order chi connectivity index (χ0) is 17.0. The van der Waals surface area contributed by atoms with Crippen LogP contribution in [0.3, 0.4) is 0 Å². The maximum absolute atomic E-state index is 12.4. The molecular weight excluding hydrogens is 310 g/mol. The molecule has 1 heterocycles. The number of carbonyl (C=O) groups is 2. The molecule has 2 N–H and O–H groups in total. The summed E-state index contributed by atoms with van der Waals surface area (Å²) in [6.07, 6.45) is 0. The van der Waals surface area contributed by atoms with Crippen molar-refractivity contribution >= 4 is 23.6 Å². The van der Waals surface area contributed by atoms with Gasteiger partial charge in [0.1, 0.15) is 11.4 Å². The average molecular weight is 336 g/mol. The van der Waals surface area contributed by atoms with Crippen LogP contribution in [0.4, 0.5) is 0 Å². The first-order valence-electron chi connectivity index (χ1n) is 7.96. The summed E-state index contributed by atoms with van der Waals surface area (Å²) in [7, 11) is 4.09. The highest BCUT2D eigenvalue weighted by atomic mass is 32.2. The molecular formula is C17H26N3O2S+. The van der Waals surface area contributed by atoms with Crippen LogP contribution in [0.2, 0.25) is 0 Å². The highest BCUT2D eigenvalue weighted by Gasteiger charge is 2.38. The van der Waals surface area contributed by atoms with Crippen LogP contribution >= 0.6 is 11.8 Å². The molecule has 6 heteroatoms. The van der Waals surface area contributed by atoms with E-state index in [0.717, 1.165) is 17.7 Å². The van der Waals surface area contributed by atoms with Crippen molar-refractivity contribution in [2.75, 3.05) is 32.9 Å². The molecule has 0 spiro atoms. The zero-order valence-electron chi connectivity index (χ0n) is 14.3. The predicted octanol–water partition coefficient (Wildman–Crippen LogP) is 0.218. The number of carbonyl (C=O) groups excluding carboxylic acids is 2. The van der Waals surface area contributed by atoms with Crippen molar-refractivity contribution < 1.29 is 14.5 Å². The summed E-state index contributed by atoms with van der Waals surface area (Å²) in [6, 6.07) is 7.69. The van der Waals surface area contributed by atoms with Crippen LogP contribution in [0.1, 0.15) is 23.4 Å². The smallest absolute Gasteiger partial charge is 0.242 e. The molecule has 0 aromatic heterocycles. The van der Waals surface area contributed by atoms with Crippen molar-refractivity contribution in [2.24, 2.45) is 0 Å². The normalized spacial score (nSPS) is 19.3. The van der Waals surface area contributed by atoms with Gasteiger partial charge in [0.25, 0.3) is 0 Å². The molecule has 1 aliphatic rings. The standard InChI is InChI=1S/C17H25N3O2S/c1-12-6-5-7-14(10-12)17-20(15(21)11-23-17)13(2)16(22)18-8-9-19(3)4/h5-7,10,13,17H,8-9,11H2,1-4H3,(H,18,22)/p+1/t13-,17-/m0/s1. The number of thioether (sulfide) groups is 1. The molecule has 23 heavy (non-hydrogen) atoms. The molecule has 1 aromatic carbocycles. The largest absolute Gasteiger partial charge is 0.349 e. The first-order valence-corrected chi connectivity index (χ1v) is 9.01. The molecule has 1 saturated heterocycles. The van der Waals surface area contributed by atoms with E-state index in [1.54, 1.807) is 16.7 Å². The highest BCUT2D eigenvalue weighted by Crippen LogP contribution is 2.40. The van der Waals surface area contributed by atoms with Crippen LogP contribution in [-0.4, -0.2) is 55.7 Å². The van der Waals surface area contributed by atoms with Gasteiger partial charge in [-0.1, -0.05) is 29.8 Å². The number of benzene rings is 1. The highest BCUT2D eigenvalue weighted by molar-refractivity contribution is 8.00. The Hall–Kier alpha value is -1.53. The van der Waals surface area contributed by atoms with Crippen molar-refractivity contribution in [2.45, 2.75) is 25.3 Å². The van der Waals surface area contributed by atoms with Crippen LogP contribution < -0.4 is 10.2 Å². The molecule has 0 bridgehead atoms. The van der Waals surface area contributed by atoms with Crippen LogP contribution in [0.25, 0.3) is 0 Å².